The van der Waals surface area contributed by atoms with Gasteiger partial charge in [0.05, 0.1) is 29.7 Å². The molecule has 100 valence electrons. The first kappa shape index (κ1) is 13.8. The largest absolute Gasteiger partial charge is 0.493 e. The molecule has 2 rings (SSSR count). The molecule has 6 heteroatoms. The van der Waals surface area contributed by atoms with Gasteiger partial charge in [-0.15, -0.1) is 11.3 Å². The number of halogens is 2. The predicted molar refractivity (Wildman–Crippen MR) is 72.3 cm³/mol. The maximum Gasteiger partial charge on any atom is 0.207 e. The van der Waals surface area contributed by atoms with Crippen molar-refractivity contribution >= 4 is 28.7 Å². The number of thiophene rings is 1. The summed E-state index contributed by atoms with van der Waals surface area (Å²) in [4.78, 5) is 12.5. The maximum absolute atomic E-state index is 13.9. The van der Waals surface area contributed by atoms with E-state index in [2.05, 4.69) is 0 Å². The summed E-state index contributed by atoms with van der Waals surface area (Å²) in [6, 6.07) is 4.03. The lowest BCUT2D eigenvalue weighted by Crippen LogP contribution is -2.04. The van der Waals surface area contributed by atoms with Crippen LogP contribution in [0.5, 0.6) is 11.5 Å². The molecule has 0 saturated heterocycles. The van der Waals surface area contributed by atoms with Crippen LogP contribution in [0.4, 0.5) is 4.39 Å². The Hall–Kier alpha value is -1.59. The molecule has 1 heterocycles. The molecule has 0 saturated carbocycles. The number of hydrogen-bond donors (Lipinski definition) is 0. The van der Waals surface area contributed by atoms with Crippen molar-refractivity contribution in [1.82, 2.24) is 0 Å². The fourth-order valence-corrected chi connectivity index (χ4v) is 2.70. The van der Waals surface area contributed by atoms with Gasteiger partial charge in [-0.3, -0.25) is 4.79 Å². The van der Waals surface area contributed by atoms with Crippen molar-refractivity contribution in [1.29, 1.82) is 0 Å². The zero-order valence-electron chi connectivity index (χ0n) is 10.2. The molecule has 0 atom stereocenters. The van der Waals surface area contributed by atoms with Crippen LogP contribution < -0.4 is 9.47 Å². The summed E-state index contributed by atoms with van der Waals surface area (Å²) in [7, 11) is 2.82. The van der Waals surface area contributed by atoms with E-state index in [4.69, 9.17) is 21.1 Å². The Kier molecular flexibility index (Phi) is 4.07. The van der Waals surface area contributed by atoms with Gasteiger partial charge in [0.25, 0.3) is 0 Å². The third kappa shape index (κ3) is 2.57. The van der Waals surface area contributed by atoms with E-state index in [0.717, 1.165) is 17.4 Å². The topological polar surface area (TPSA) is 35.5 Å². The Labute approximate surface area is 118 Å². The van der Waals surface area contributed by atoms with Gasteiger partial charge in [0.15, 0.2) is 11.5 Å². The Balaban J connectivity index is 2.51. The van der Waals surface area contributed by atoms with Crippen LogP contribution in [0.1, 0.15) is 15.2 Å². The Morgan fingerprint density at radius 2 is 1.89 bits per heavy atom. The number of ketones is 1. The van der Waals surface area contributed by atoms with E-state index in [-0.39, 0.29) is 11.3 Å². The van der Waals surface area contributed by atoms with Gasteiger partial charge in [-0.05, 0) is 17.5 Å². The highest BCUT2D eigenvalue weighted by molar-refractivity contribution is 7.13. The number of carbonyl (C=O) groups is 1. The minimum atomic E-state index is -0.674. The number of carbonyl (C=O) groups excluding carboxylic acids is 1. The molecule has 0 N–H and O–H groups in total. The van der Waals surface area contributed by atoms with E-state index >= 15 is 0 Å². The molecule has 1 aromatic heterocycles. The van der Waals surface area contributed by atoms with Crippen LogP contribution >= 0.6 is 22.9 Å². The monoisotopic (exact) mass is 300 g/mol. The molecule has 0 fully saturated rings. The summed E-state index contributed by atoms with van der Waals surface area (Å²) < 4.78 is 24.0. The fourth-order valence-electron chi connectivity index (χ4n) is 1.61. The van der Waals surface area contributed by atoms with E-state index in [9.17, 15) is 9.18 Å². The minimum absolute atomic E-state index is 0.0954. The van der Waals surface area contributed by atoms with Crippen LogP contribution in [-0.4, -0.2) is 20.0 Å². The van der Waals surface area contributed by atoms with Gasteiger partial charge in [0.1, 0.15) is 5.82 Å². The average Bonchev–Trinajstić information content (AvgIpc) is 2.83. The maximum atomic E-state index is 13.9. The number of methoxy groups -OCH3 is 2. The molecule has 0 aliphatic carbocycles. The second kappa shape index (κ2) is 5.59. The zero-order valence-corrected chi connectivity index (χ0v) is 11.8. The summed E-state index contributed by atoms with van der Waals surface area (Å²) in [6.07, 6.45) is 0. The van der Waals surface area contributed by atoms with Gasteiger partial charge < -0.3 is 9.47 Å². The minimum Gasteiger partial charge on any atom is -0.493 e. The van der Waals surface area contributed by atoms with Crippen LogP contribution in [0.3, 0.4) is 0 Å². The van der Waals surface area contributed by atoms with Crippen molar-refractivity contribution in [3.05, 3.63) is 44.9 Å². The molecule has 1 aromatic carbocycles. The van der Waals surface area contributed by atoms with Crippen molar-refractivity contribution in [3.63, 3.8) is 0 Å². The number of ether oxygens (including phenoxy) is 2. The summed E-state index contributed by atoms with van der Waals surface area (Å²) in [6.45, 7) is 0. The molecular formula is C13H10ClFO3S. The molecule has 0 amide bonds. The van der Waals surface area contributed by atoms with Gasteiger partial charge in [-0.1, -0.05) is 11.6 Å². The van der Waals surface area contributed by atoms with E-state index in [1.807, 2.05) is 0 Å². The quantitative estimate of drug-likeness (QED) is 0.806. The van der Waals surface area contributed by atoms with Gasteiger partial charge in [-0.25, -0.2) is 4.39 Å². The van der Waals surface area contributed by atoms with Gasteiger partial charge in [0, 0.05) is 6.07 Å². The number of benzene rings is 1. The van der Waals surface area contributed by atoms with E-state index in [1.165, 1.54) is 20.3 Å². The lowest BCUT2D eigenvalue weighted by Gasteiger charge is -2.10. The first-order valence-electron chi connectivity index (χ1n) is 5.27. The molecule has 0 spiro atoms. The molecule has 0 aliphatic rings. The van der Waals surface area contributed by atoms with Crippen molar-refractivity contribution in [2.24, 2.45) is 0 Å². The van der Waals surface area contributed by atoms with Gasteiger partial charge in [-0.2, -0.15) is 0 Å². The Bertz CT molecular complexity index is 624. The molecule has 0 unspecified atom stereocenters. The summed E-state index contributed by atoms with van der Waals surface area (Å²) in [5.41, 5.74) is -0.0954. The van der Waals surface area contributed by atoms with E-state index in [1.54, 1.807) is 11.4 Å². The molecule has 2 aromatic rings. The fraction of sp³-hybridized carbons (Fsp3) is 0.154. The molecule has 3 nitrogen and oxygen atoms in total. The standard InChI is InChI=1S/C13H10ClFO3S/c1-17-10-5-7(9(15)6-11(10)18-2)12(16)13-8(14)3-4-19-13/h3-6H,1-2H3. The van der Waals surface area contributed by atoms with Crippen LogP contribution in [0.25, 0.3) is 0 Å². The SMILES string of the molecule is COc1cc(F)c(C(=O)c2sccc2Cl)cc1OC. The Morgan fingerprint density at radius 3 is 2.42 bits per heavy atom. The normalized spacial score (nSPS) is 10.3. The van der Waals surface area contributed by atoms with E-state index < -0.39 is 11.6 Å². The third-order valence-corrected chi connectivity index (χ3v) is 3.88. The highest BCUT2D eigenvalue weighted by Gasteiger charge is 2.21. The molecule has 19 heavy (non-hydrogen) atoms. The van der Waals surface area contributed by atoms with Gasteiger partial charge >= 0.3 is 0 Å². The van der Waals surface area contributed by atoms with E-state index in [0.29, 0.717) is 15.6 Å². The first-order valence-corrected chi connectivity index (χ1v) is 6.53. The van der Waals surface area contributed by atoms with Crippen LogP contribution in [-0.2, 0) is 0 Å². The third-order valence-electron chi connectivity index (χ3n) is 2.54. The van der Waals surface area contributed by atoms with Gasteiger partial charge in [0.2, 0.25) is 5.78 Å². The molecule has 0 radical (unpaired) electrons. The van der Waals surface area contributed by atoms with Crippen molar-refractivity contribution < 1.29 is 18.7 Å². The lowest BCUT2D eigenvalue weighted by atomic mass is 10.1. The second-order valence-corrected chi connectivity index (χ2v) is 4.94. The zero-order chi connectivity index (χ0) is 14.0. The molecule has 0 bridgehead atoms. The summed E-state index contributed by atoms with van der Waals surface area (Å²) >= 11 is 7.04. The summed E-state index contributed by atoms with van der Waals surface area (Å²) in [5.74, 6) is -0.626. The van der Waals surface area contributed by atoms with Crippen LogP contribution in [0, 0.1) is 5.82 Å². The Morgan fingerprint density at radius 1 is 1.26 bits per heavy atom. The molecular weight excluding hydrogens is 291 g/mol. The highest BCUT2D eigenvalue weighted by atomic mass is 35.5. The average molecular weight is 301 g/mol. The predicted octanol–water partition coefficient (Wildman–Crippen LogP) is 3.79. The van der Waals surface area contributed by atoms with Crippen molar-refractivity contribution in [3.8, 4) is 11.5 Å². The number of rotatable bonds is 4. The smallest absolute Gasteiger partial charge is 0.207 e. The highest BCUT2D eigenvalue weighted by Crippen LogP contribution is 2.33. The first-order chi connectivity index (χ1) is 9.08. The lowest BCUT2D eigenvalue weighted by molar-refractivity contribution is 0.103. The summed E-state index contributed by atoms with van der Waals surface area (Å²) in [5, 5.41) is 1.98. The number of hydrogen-bond acceptors (Lipinski definition) is 4. The second-order valence-electron chi connectivity index (χ2n) is 3.61. The molecule has 0 aliphatic heterocycles. The van der Waals surface area contributed by atoms with Crippen LogP contribution in [0.15, 0.2) is 23.6 Å². The van der Waals surface area contributed by atoms with Crippen molar-refractivity contribution in [2.75, 3.05) is 14.2 Å². The van der Waals surface area contributed by atoms with Crippen molar-refractivity contribution in [2.45, 2.75) is 0 Å². The van der Waals surface area contributed by atoms with Crippen LogP contribution in [0.2, 0.25) is 5.02 Å².